The number of benzene rings is 1. The van der Waals surface area contributed by atoms with Crippen LogP contribution in [0, 0.1) is 22.7 Å². The molecule has 0 aliphatic heterocycles. The van der Waals surface area contributed by atoms with Gasteiger partial charge in [0.05, 0.1) is 0 Å². The molecule has 1 heteroatoms. The Labute approximate surface area is 199 Å². The summed E-state index contributed by atoms with van der Waals surface area (Å²) in [5, 5.41) is 0. The summed E-state index contributed by atoms with van der Waals surface area (Å²) >= 11 is 0. The van der Waals surface area contributed by atoms with Gasteiger partial charge in [0.25, 0.3) is 0 Å². The molecule has 0 saturated carbocycles. The van der Waals surface area contributed by atoms with Crippen molar-refractivity contribution in [1.82, 2.24) is 0 Å². The third-order valence-corrected chi connectivity index (χ3v) is 7.29. The van der Waals surface area contributed by atoms with Crippen molar-refractivity contribution >= 4 is 5.78 Å². The lowest BCUT2D eigenvalue weighted by Crippen LogP contribution is -2.30. The molecule has 1 aliphatic rings. The van der Waals surface area contributed by atoms with Crippen molar-refractivity contribution in [2.45, 2.75) is 120 Å². The lowest BCUT2D eigenvalue weighted by Gasteiger charge is -2.40. The molecular formula is C31H50O. The zero-order valence-corrected chi connectivity index (χ0v) is 23.2. The Morgan fingerprint density at radius 2 is 1.28 bits per heavy atom. The summed E-state index contributed by atoms with van der Waals surface area (Å²) in [5.41, 5.74) is 5.96. The second kappa shape index (κ2) is 9.11. The Balaban J connectivity index is 2.27. The first-order valence-electron chi connectivity index (χ1n) is 12.6. The molecule has 0 bridgehead atoms. The molecule has 0 spiro atoms. The van der Waals surface area contributed by atoms with Crippen molar-refractivity contribution in [2.75, 3.05) is 0 Å². The number of ketones is 1. The average Bonchev–Trinajstić information content (AvgIpc) is 2.58. The van der Waals surface area contributed by atoms with Crippen LogP contribution in [0.1, 0.15) is 119 Å². The number of hydrogen-bond acceptors (Lipinski definition) is 1. The standard InChI is InChI=1S/C31H50O/c1-28(2,3)23-13-21(14-24(19-23)29(4,5)6)17-27(32)18-22-15-25(30(7,8)9)20-26(16-22)31(10,11)12/h13-15,19,22,26H,16-18,20H2,1-12H3. The highest BCUT2D eigenvalue weighted by Gasteiger charge is 2.35. The van der Waals surface area contributed by atoms with Crippen LogP contribution in [-0.4, -0.2) is 5.78 Å². The van der Waals surface area contributed by atoms with Crippen LogP contribution in [0.15, 0.2) is 29.8 Å². The van der Waals surface area contributed by atoms with Gasteiger partial charge in [-0.1, -0.05) is 113 Å². The quantitative estimate of drug-likeness (QED) is 0.429. The Kier molecular flexibility index (Phi) is 7.65. The fraction of sp³-hybridized carbons (Fsp3) is 0.710. The molecule has 1 aromatic rings. The van der Waals surface area contributed by atoms with E-state index >= 15 is 0 Å². The van der Waals surface area contributed by atoms with E-state index in [4.69, 9.17) is 0 Å². The first-order valence-corrected chi connectivity index (χ1v) is 12.6. The van der Waals surface area contributed by atoms with Crippen molar-refractivity contribution in [3.63, 3.8) is 0 Å². The Morgan fingerprint density at radius 1 is 0.781 bits per heavy atom. The Bertz CT molecular complexity index is 808. The monoisotopic (exact) mass is 438 g/mol. The molecule has 0 aromatic heterocycles. The summed E-state index contributed by atoms with van der Waals surface area (Å²) in [6.07, 6.45) is 5.95. The minimum atomic E-state index is 0.0761. The van der Waals surface area contributed by atoms with E-state index in [9.17, 15) is 4.79 Å². The van der Waals surface area contributed by atoms with Crippen molar-refractivity contribution in [3.8, 4) is 0 Å². The molecule has 2 rings (SSSR count). The van der Waals surface area contributed by atoms with Crippen LogP contribution in [0.25, 0.3) is 0 Å². The molecule has 1 nitrogen and oxygen atoms in total. The highest BCUT2D eigenvalue weighted by atomic mass is 16.1. The largest absolute Gasteiger partial charge is 0.299 e. The molecule has 0 heterocycles. The number of allylic oxidation sites excluding steroid dienone is 2. The lowest BCUT2D eigenvalue weighted by molar-refractivity contribution is -0.119. The molecule has 180 valence electrons. The van der Waals surface area contributed by atoms with Crippen LogP contribution < -0.4 is 0 Å². The fourth-order valence-electron chi connectivity index (χ4n) is 4.75. The molecule has 0 fully saturated rings. The van der Waals surface area contributed by atoms with Crippen LogP contribution in [0.2, 0.25) is 0 Å². The van der Waals surface area contributed by atoms with E-state index < -0.39 is 0 Å². The molecule has 0 saturated heterocycles. The van der Waals surface area contributed by atoms with Gasteiger partial charge >= 0.3 is 0 Å². The van der Waals surface area contributed by atoms with Crippen molar-refractivity contribution in [2.24, 2.45) is 22.7 Å². The first kappa shape index (κ1) is 26.9. The van der Waals surface area contributed by atoms with Gasteiger partial charge in [0.1, 0.15) is 5.78 Å². The third kappa shape index (κ3) is 7.32. The summed E-state index contributed by atoms with van der Waals surface area (Å²) in [6.45, 7) is 27.6. The summed E-state index contributed by atoms with van der Waals surface area (Å²) < 4.78 is 0. The maximum Gasteiger partial charge on any atom is 0.137 e. The second-order valence-electron chi connectivity index (χ2n) is 14.5. The summed E-state index contributed by atoms with van der Waals surface area (Å²) in [5.74, 6) is 1.37. The van der Waals surface area contributed by atoms with Gasteiger partial charge in [-0.15, -0.1) is 0 Å². The smallest absolute Gasteiger partial charge is 0.137 e. The number of carbonyl (C=O) groups is 1. The zero-order valence-electron chi connectivity index (χ0n) is 23.2. The minimum Gasteiger partial charge on any atom is -0.299 e. The maximum atomic E-state index is 13.3. The van der Waals surface area contributed by atoms with E-state index in [0.717, 1.165) is 6.42 Å². The van der Waals surface area contributed by atoms with Gasteiger partial charge < -0.3 is 0 Å². The van der Waals surface area contributed by atoms with Crippen molar-refractivity contribution in [3.05, 3.63) is 46.5 Å². The van der Waals surface area contributed by atoms with E-state index in [1.165, 1.54) is 28.7 Å². The predicted molar refractivity (Wildman–Crippen MR) is 140 cm³/mol. The van der Waals surface area contributed by atoms with Gasteiger partial charge in [-0.3, -0.25) is 4.79 Å². The molecule has 2 atom stereocenters. The topological polar surface area (TPSA) is 17.1 Å². The second-order valence-corrected chi connectivity index (χ2v) is 14.5. The van der Waals surface area contributed by atoms with Crippen LogP contribution in [0.5, 0.6) is 0 Å². The SMILES string of the molecule is CC(C)(C)C1=CC(CC(=O)Cc2cc(C(C)(C)C)cc(C(C)(C)C)c2)CC(C(C)(C)C)C1. The lowest BCUT2D eigenvalue weighted by atomic mass is 9.65. The summed E-state index contributed by atoms with van der Waals surface area (Å²) in [4.78, 5) is 13.3. The number of rotatable bonds is 4. The van der Waals surface area contributed by atoms with Crippen molar-refractivity contribution in [1.29, 1.82) is 0 Å². The molecule has 0 amide bonds. The number of Topliss-reactive ketones (excluding diaryl/α,β-unsaturated/α-hetero) is 1. The minimum absolute atomic E-state index is 0.0761. The summed E-state index contributed by atoms with van der Waals surface area (Å²) in [6, 6.07) is 6.87. The Hall–Kier alpha value is -1.37. The van der Waals surface area contributed by atoms with E-state index in [1.54, 1.807) is 0 Å². The molecule has 32 heavy (non-hydrogen) atoms. The normalized spacial score (nSPS) is 20.8. The van der Waals surface area contributed by atoms with Crippen LogP contribution in [0.4, 0.5) is 0 Å². The third-order valence-electron chi connectivity index (χ3n) is 7.29. The maximum absolute atomic E-state index is 13.3. The highest BCUT2D eigenvalue weighted by Crippen LogP contribution is 2.45. The highest BCUT2D eigenvalue weighted by molar-refractivity contribution is 5.81. The van der Waals surface area contributed by atoms with Crippen LogP contribution in [-0.2, 0) is 22.0 Å². The van der Waals surface area contributed by atoms with Gasteiger partial charge in [0, 0.05) is 12.8 Å². The number of carbonyl (C=O) groups excluding carboxylic acids is 1. The van der Waals surface area contributed by atoms with E-state index in [0.29, 0.717) is 30.5 Å². The van der Waals surface area contributed by atoms with Gasteiger partial charge in [0.15, 0.2) is 0 Å². The van der Waals surface area contributed by atoms with Crippen LogP contribution in [0.3, 0.4) is 0 Å². The molecule has 1 aromatic carbocycles. The predicted octanol–water partition coefficient (Wildman–Crippen LogP) is 8.83. The Morgan fingerprint density at radius 3 is 1.69 bits per heavy atom. The molecule has 0 N–H and O–H groups in total. The zero-order chi connectivity index (χ0) is 24.7. The fourth-order valence-corrected chi connectivity index (χ4v) is 4.75. The van der Waals surface area contributed by atoms with Crippen molar-refractivity contribution < 1.29 is 4.79 Å². The molecule has 0 radical (unpaired) electrons. The van der Waals surface area contributed by atoms with Gasteiger partial charge in [-0.25, -0.2) is 0 Å². The first-order chi connectivity index (χ1) is 14.3. The van der Waals surface area contributed by atoms with E-state index in [1.807, 2.05) is 0 Å². The number of hydrogen-bond donors (Lipinski definition) is 0. The van der Waals surface area contributed by atoms with E-state index in [-0.39, 0.29) is 21.7 Å². The van der Waals surface area contributed by atoms with Gasteiger partial charge in [0.2, 0.25) is 0 Å². The van der Waals surface area contributed by atoms with Gasteiger partial charge in [-0.05, 0) is 63.0 Å². The molecule has 1 aliphatic carbocycles. The van der Waals surface area contributed by atoms with Crippen LogP contribution >= 0.6 is 0 Å². The average molecular weight is 439 g/mol. The van der Waals surface area contributed by atoms with E-state index in [2.05, 4.69) is 107 Å². The molecule has 2 unspecified atom stereocenters. The summed E-state index contributed by atoms with van der Waals surface area (Å²) in [7, 11) is 0. The van der Waals surface area contributed by atoms with Gasteiger partial charge in [-0.2, -0.15) is 0 Å². The molecular weight excluding hydrogens is 388 g/mol.